The average Bonchev–Trinajstić information content (AvgIpc) is 2.82. The van der Waals surface area contributed by atoms with Gasteiger partial charge in [-0.25, -0.2) is 4.98 Å². The lowest BCUT2D eigenvalue weighted by molar-refractivity contribution is -0.115. The molecule has 0 saturated carbocycles. The predicted molar refractivity (Wildman–Crippen MR) is 60.0 cm³/mol. The van der Waals surface area contributed by atoms with Crippen LogP contribution in [-0.4, -0.2) is 10.9 Å². The van der Waals surface area contributed by atoms with Crippen LogP contribution in [-0.2, 0) is 11.2 Å². The monoisotopic (exact) mass is 227 g/mol. The molecule has 0 bridgehead atoms. The van der Waals surface area contributed by atoms with E-state index in [-0.39, 0.29) is 12.3 Å². The van der Waals surface area contributed by atoms with Crippen LogP contribution in [0.2, 0.25) is 0 Å². The summed E-state index contributed by atoms with van der Waals surface area (Å²) in [5.74, 6) is -0.177. The molecule has 1 amide bonds. The number of nitrogens with one attached hydrogen (secondary N) is 1. The second-order valence-electron chi connectivity index (χ2n) is 3.39. The number of carbonyl (C=O) groups excluding carboxylic acids is 1. The van der Waals surface area contributed by atoms with Crippen LogP contribution in [0.3, 0.4) is 0 Å². The Labute approximate surface area is 97.7 Å². The van der Waals surface area contributed by atoms with Gasteiger partial charge < -0.3 is 9.73 Å². The molecular weight excluding hydrogens is 218 g/mol. The molecule has 0 aliphatic rings. The number of hydrogen-bond donors (Lipinski definition) is 1. The van der Waals surface area contributed by atoms with Crippen molar-refractivity contribution in [1.82, 2.24) is 4.98 Å². The normalized spacial score (nSPS) is 9.59. The molecule has 0 aliphatic carbocycles. The van der Waals surface area contributed by atoms with Gasteiger partial charge in [0.05, 0.1) is 23.7 Å². The highest BCUT2D eigenvalue weighted by atomic mass is 16.3. The number of aromatic nitrogens is 1. The molecule has 0 saturated heterocycles. The van der Waals surface area contributed by atoms with Crippen molar-refractivity contribution < 1.29 is 9.21 Å². The maximum atomic E-state index is 11.6. The fourth-order valence-electron chi connectivity index (χ4n) is 1.32. The highest BCUT2D eigenvalue weighted by Gasteiger charge is 2.06. The fraction of sp³-hybridized carbons (Fsp3) is 0.0833. The largest absolute Gasteiger partial charge is 0.451 e. The molecule has 1 aromatic heterocycles. The van der Waals surface area contributed by atoms with Gasteiger partial charge in [-0.15, -0.1) is 0 Å². The summed E-state index contributed by atoms with van der Waals surface area (Å²) < 4.78 is 4.77. The number of benzene rings is 1. The quantitative estimate of drug-likeness (QED) is 0.865. The van der Waals surface area contributed by atoms with Crippen molar-refractivity contribution in [2.45, 2.75) is 6.42 Å². The number of hydrogen-bond acceptors (Lipinski definition) is 4. The molecule has 5 heteroatoms. The minimum absolute atomic E-state index is 0.163. The number of nitrogens with zero attached hydrogens (tertiary/aromatic N) is 2. The van der Waals surface area contributed by atoms with Crippen LogP contribution >= 0.6 is 0 Å². The third-order valence-corrected chi connectivity index (χ3v) is 2.12. The van der Waals surface area contributed by atoms with Crippen LogP contribution in [0.15, 0.2) is 41.3 Å². The topological polar surface area (TPSA) is 78.9 Å². The van der Waals surface area contributed by atoms with E-state index in [1.807, 2.05) is 6.07 Å². The van der Waals surface area contributed by atoms with Gasteiger partial charge in [-0.05, 0) is 24.3 Å². The molecule has 0 fully saturated rings. The Kier molecular flexibility index (Phi) is 3.17. The van der Waals surface area contributed by atoms with E-state index in [0.717, 1.165) is 0 Å². The van der Waals surface area contributed by atoms with Gasteiger partial charge in [0.1, 0.15) is 6.26 Å². The third kappa shape index (κ3) is 2.92. The van der Waals surface area contributed by atoms with Gasteiger partial charge in [0, 0.05) is 5.69 Å². The lowest BCUT2D eigenvalue weighted by Gasteiger charge is -2.03. The summed E-state index contributed by atoms with van der Waals surface area (Å²) >= 11 is 0. The van der Waals surface area contributed by atoms with E-state index >= 15 is 0 Å². The van der Waals surface area contributed by atoms with Gasteiger partial charge in [-0.2, -0.15) is 5.26 Å². The first-order chi connectivity index (χ1) is 8.28. The van der Waals surface area contributed by atoms with Crippen molar-refractivity contribution in [3.63, 3.8) is 0 Å². The lowest BCUT2D eigenvalue weighted by Crippen LogP contribution is -2.14. The first kappa shape index (κ1) is 10.9. The third-order valence-electron chi connectivity index (χ3n) is 2.12. The van der Waals surface area contributed by atoms with Gasteiger partial charge in [-0.1, -0.05) is 0 Å². The van der Waals surface area contributed by atoms with Crippen LogP contribution < -0.4 is 5.32 Å². The Morgan fingerprint density at radius 1 is 1.41 bits per heavy atom. The van der Waals surface area contributed by atoms with E-state index in [0.29, 0.717) is 16.9 Å². The summed E-state index contributed by atoms with van der Waals surface area (Å²) in [6, 6.07) is 8.66. The molecule has 1 heterocycles. The summed E-state index contributed by atoms with van der Waals surface area (Å²) in [7, 11) is 0. The highest BCUT2D eigenvalue weighted by molar-refractivity contribution is 5.91. The highest BCUT2D eigenvalue weighted by Crippen LogP contribution is 2.09. The number of rotatable bonds is 3. The summed E-state index contributed by atoms with van der Waals surface area (Å²) in [6.07, 6.45) is 2.87. The fourth-order valence-corrected chi connectivity index (χ4v) is 1.32. The van der Waals surface area contributed by atoms with Crippen LogP contribution in [0.1, 0.15) is 11.3 Å². The molecule has 17 heavy (non-hydrogen) atoms. The van der Waals surface area contributed by atoms with E-state index in [1.54, 1.807) is 24.3 Å². The van der Waals surface area contributed by atoms with E-state index in [4.69, 9.17) is 9.68 Å². The van der Waals surface area contributed by atoms with Crippen LogP contribution in [0.4, 0.5) is 5.69 Å². The second-order valence-corrected chi connectivity index (χ2v) is 3.39. The maximum Gasteiger partial charge on any atom is 0.230 e. The molecule has 0 aliphatic heterocycles. The molecule has 2 aromatic rings. The minimum atomic E-state index is -0.177. The molecular formula is C12H9N3O2. The molecule has 1 aromatic carbocycles. The number of amides is 1. The Morgan fingerprint density at radius 3 is 2.76 bits per heavy atom. The van der Waals surface area contributed by atoms with E-state index in [9.17, 15) is 4.79 Å². The Bertz CT molecular complexity index is 538. The first-order valence-electron chi connectivity index (χ1n) is 4.95. The minimum Gasteiger partial charge on any atom is -0.451 e. The molecule has 1 N–H and O–H groups in total. The molecule has 0 unspecified atom stereocenters. The van der Waals surface area contributed by atoms with Crippen molar-refractivity contribution in [2.75, 3.05) is 5.32 Å². The van der Waals surface area contributed by atoms with Crippen molar-refractivity contribution in [1.29, 1.82) is 5.26 Å². The van der Waals surface area contributed by atoms with Crippen molar-refractivity contribution in [3.05, 3.63) is 48.2 Å². The van der Waals surface area contributed by atoms with Gasteiger partial charge >= 0.3 is 0 Å². The van der Waals surface area contributed by atoms with Crippen LogP contribution in [0.25, 0.3) is 0 Å². The summed E-state index contributed by atoms with van der Waals surface area (Å²) in [5, 5.41) is 11.3. The zero-order valence-electron chi connectivity index (χ0n) is 8.88. The SMILES string of the molecule is N#Cc1ccc(NC(=O)Cc2cocn2)cc1. The molecule has 2 rings (SSSR count). The predicted octanol–water partition coefficient (Wildman–Crippen LogP) is 1.73. The molecule has 0 spiro atoms. The summed E-state index contributed by atoms with van der Waals surface area (Å²) in [5.41, 5.74) is 1.79. The lowest BCUT2D eigenvalue weighted by atomic mass is 10.2. The van der Waals surface area contributed by atoms with Crippen LogP contribution in [0, 0.1) is 11.3 Å². The van der Waals surface area contributed by atoms with E-state index < -0.39 is 0 Å². The van der Waals surface area contributed by atoms with Crippen molar-refractivity contribution >= 4 is 11.6 Å². The number of carbonyl (C=O) groups is 1. The number of nitriles is 1. The van der Waals surface area contributed by atoms with Crippen molar-refractivity contribution in [2.24, 2.45) is 0 Å². The van der Waals surface area contributed by atoms with Crippen molar-refractivity contribution in [3.8, 4) is 6.07 Å². The van der Waals surface area contributed by atoms with Gasteiger partial charge in [0.25, 0.3) is 0 Å². The Hall–Kier alpha value is -2.61. The second kappa shape index (κ2) is 4.94. The molecule has 84 valence electrons. The standard InChI is InChI=1S/C12H9N3O2/c13-6-9-1-3-10(4-2-9)15-12(16)5-11-7-17-8-14-11/h1-4,7-8H,5H2,(H,15,16). The Balaban J connectivity index is 1.96. The van der Waals surface area contributed by atoms with Crippen LogP contribution in [0.5, 0.6) is 0 Å². The summed E-state index contributed by atoms with van der Waals surface area (Å²) in [4.78, 5) is 15.4. The molecule has 5 nitrogen and oxygen atoms in total. The zero-order valence-corrected chi connectivity index (χ0v) is 8.88. The first-order valence-corrected chi connectivity index (χ1v) is 4.95. The zero-order chi connectivity index (χ0) is 12.1. The number of anilines is 1. The van der Waals surface area contributed by atoms with Gasteiger partial charge in [0.15, 0.2) is 6.39 Å². The Morgan fingerprint density at radius 2 is 2.18 bits per heavy atom. The van der Waals surface area contributed by atoms with E-state index in [2.05, 4.69) is 10.3 Å². The van der Waals surface area contributed by atoms with E-state index in [1.165, 1.54) is 12.7 Å². The number of oxazole rings is 1. The molecule has 0 atom stereocenters. The summed E-state index contributed by atoms with van der Waals surface area (Å²) in [6.45, 7) is 0. The smallest absolute Gasteiger partial charge is 0.230 e. The average molecular weight is 227 g/mol. The maximum absolute atomic E-state index is 11.6. The van der Waals surface area contributed by atoms with Gasteiger partial charge in [0.2, 0.25) is 5.91 Å². The molecule has 0 radical (unpaired) electrons. The van der Waals surface area contributed by atoms with Gasteiger partial charge in [-0.3, -0.25) is 4.79 Å².